The van der Waals surface area contributed by atoms with Crippen LogP contribution in [0.5, 0.6) is 0 Å². The normalized spacial score (nSPS) is 10.1. The molecule has 2 aromatic heterocycles. The summed E-state index contributed by atoms with van der Waals surface area (Å²) in [4.78, 5) is 8.15. The molecule has 2 aromatic rings. The molecule has 70 valence electrons. The minimum Gasteiger partial charge on any atom is -0.384 e. The van der Waals surface area contributed by atoms with Gasteiger partial charge in [-0.3, -0.25) is 4.98 Å². The Hall–Kier alpha value is -1.61. The number of aromatic nitrogens is 2. The Labute approximate surface area is 86.6 Å². The van der Waals surface area contributed by atoms with Crippen molar-refractivity contribution in [3.8, 4) is 11.3 Å². The summed E-state index contributed by atoms with van der Waals surface area (Å²) in [6, 6.07) is 7.12. The molecule has 0 radical (unpaired) electrons. The maximum absolute atomic E-state index is 5.86. The number of nitrogen functional groups attached to an aromatic ring is 1. The van der Waals surface area contributed by atoms with Crippen LogP contribution in [-0.4, -0.2) is 9.97 Å². The zero-order chi connectivity index (χ0) is 9.97. The third-order valence-corrected chi connectivity index (χ3v) is 1.99. The number of hydrogen-bond donors (Lipinski definition) is 1. The number of pyridine rings is 2. The second-order valence-corrected chi connectivity index (χ2v) is 3.27. The third-order valence-electron chi connectivity index (χ3n) is 1.77. The minimum absolute atomic E-state index is 0.413. The summed E-state index contributed by atoms with van der Waals surface area (Å²) < 4.78 is 0. The molecule has 2 heterocycles. The maximum Gasteiger partial charge on any atom is 0.125 e. The van der Waals surface area contributed by atoms with Crippen molar-refractivity contribution in [1.82, 2.24) is 9.97 Å². The SMILES string of the molecule is Nc1cc(Cl)cc(-c2cccnc2)n1. The average Bonchev–Trinajstić information content (AvgIpc) is 2.18. The van der Waals surface area contributed by atoms with E-state index < -0.39 is 0 Å². The van der Waals surface area contributed by atoms with Crippen molar-refractivity contribution in [2.45, 2.75) is 0 Å². The number of rotatable bonds is 1. The van der Waals surface area contributed by atoms with Gasteiger partial charge >= 0.3 is 0 Å². The van der Waals surface area contributed by atoms with Gasteiger partial charge in [0.05, 0.1) is 5.69 Å². The Morgan fingerprint density at radius 3 is 2.79 bits per heavy atom. The lowest BCUT2D eigenvalue weighted by molar-refractivity contribution is 1.28. The molecule has 3 nitrogen and oxygen atoms in total. The minimum atomic E-state index is 0.413. The standard InChI is InChI=1S/C10H8ClN3/c11-8-4-9(14-10(12)5-8)7-2-1-3-13-6-7/h1-6H,(H2,12,14). The molecular formula is C10H8ClN3. The molecule has 0 bridgehead atoms. The van der Waals surface area contributed by atoms with E-state index in [1.54, 1.807) is 24.5 Å². The van der Waals surface area contributed by atoms with Gasteiger partial charge in [0.2, 0.25) is 0 Å². The highest BCUT2D eigenvalue weighted by Crippen LogP contribution is 2.21. The van der Waals surface area contributed by atoms with E-state index in [0.717, 1.165) is 11.3 Å². The molecule has 0 unspecified atom stereocenters. The van der Waals surface area contributed by atoms with Crippen LogP contribution >= 0.6 is 11.6 Å². The first-order valence-electron chi connectivity index (χ1n) is 4.09. The molecule has 0 amide bonds. The van der Waals surface area contributed by atoms with Crippen LogP contribution in [0.1, 0.15) is 0 Å². The zero-order valence-corrected chi connectivity index (χ0v) is 8.07. The van der Waals surface area contributed by atoms with Crippen LogP contribution in [0, 0.1) is 0 Å². The van der Waals surface area contributed by atoms with Crippen molar-refractivity contribution < 1.29 is 0 Å². The van der Waals surface area contributed by atoms with Gasteiger partial charge in [0.1, 0.15) is 5.82 Å². The molecule has 2 rings (SSSR count). The van der Waals surface area contributed by atoms with Gasteiger partial charge in [-0.1, -0.05) is 11.6 Å². The largest absolute Gasteiger partial charge is 0.384 e. The average molecular weight is 206 g/mol. The topological polar surface area (TPSA) is 51.8 Å². The molecule has 0 aromatic carbocycles. The fraction of sp³-hybridized carbons (Fsp3) is 0. The molecule has 0 atom stereocenters. The van der Waals surface area contributed by atoms with Crippen LogP contribution in [0.2, 0.25) is 5.02 Å². The number of nitrogens with zero attached hydrogens (tertiary/aromatic N) is 2. The molecule has 0 saturated heterocycles. The summed E-state index contributed by atoms with van der Waals surface area (Å²) in [5.74, 6) is 0.413. The first-order valence-corrected chi connectivity index (χ1v) is 4.47. The second-order valence-electron chi connectivity index (χ2n) is 2.84. The molecule has 0 aliphatic heterocycles. The predicted octanol–water partition coefficient (Wildman–Crippen LogP) is 2.38. The molecular weight excluding hydrogens is 198 g/mol. The van der Waals surface area contributed by atoms with Gasteiger partial charge in [-0.15, -0.1) is 0 Å². The quantitative estimate of drug-likeness (QED) is 0.778. The summed E-state index contributed by atoms with van der Waals surface area (Å²) >= 11 is 5.86. The van der Waals surface area contributed by atoms with E-state index in [2.05, 4.69) is 9.97 Å². The Morgan fingerprint density at radius 2 is 2.14 bits per heavy atom. The first-order chi connectivity index (χ1) is 6.75. The number of nitrogens with two attached hydrogens (primary N) is 1. The van der Waals surface area contributed by atoms with Crippen LogP contribution in [0.25, 0.3) is 11.3 Å². The van der Waals surface area contributed by atoms with Crippen molar-refractivity contribution in [2.75, 3.05) is 5.73 Å². The van der Waals surface area contributed by atoms with Crippen molar-refractivity contribution in [2.24, 2.45) is 0 Å². The van der Waals surface area contributed by atoms with Crippen LogP contribution in [0.15, 0.2) is 36.7 Å². The van der Waals surface area contributed by atoms with Crippen LogP contribution < -0.4 is 5.73 Å². The van der Waals surface area contributed by atoms with E-state index in [-0.39, 0.29) is 0 Å². The molecule has 2 N–H and O–H groups in total. The lowest BCUT2D eigenvalue weighted by Gasteiger charge is -2.01. The van der Waals surface area contributed by atoms with Gasteiger partial charge in [0, 0.05) is 23.0 Å². The smallest absolute Gasteiger partial charge is 0.125 e. The van der Waals surface area contributed by atoms with Crippen molar-refractivity contribution in [1.29, 1.82) is 0 Å². The summed E-state index contributed by atoms with van der Waals surface area (Å²) in [6.07, 6.45) is 3.43. The Morgan fingerprint density at radius 1 is 1.29 bits per heavy atom. The zero-order valence-electron chi connectivity index (χ0n) is 7.31. The Bertz CT molecular complexity index is 422. The van der Waals surface area contributed by atoms with Gasteiger partial charge in [-0.05, 0) is 24.3 Å². The van der Waals surface area contributed by atoms with Gasteiger partial charge in [-0.25, -0.2) is 4.98 Å². The van der Waals surface area contributed by atoms with E-state index in [1.807, 2.05) is 12.1 Å². The summed E-state index contributed by atoms with van der Waals surface area (Å²) in [5.41, 5.74) is 7.22. The van der Waals surface area contributed by atoms with Gasteiger partial charge in [0.15, 0.2) is 0 Å². The number of anilines is 1. The highest BCUT2D eigenvalue weighted by molar-refractivity contribution is 6.31. The number of hydrogen-bond acceptors (Lipinski definition) is 3. The van der Waals surface area contributed by atoms with Crippen molar-refractivity contribution in [3.05, 3.63) is 41.7 Å². The number of halogens is 1. The van der Waals surface area contributed by atoms with E-state index >= 15 is 0 Å². The summed E-state index contributed by atoms with van der Waals surface area (Å²) in [6.45, 7) is 0. The predicted molar refractivity (Wildman–Crippen MR) is 56.9 cm³/mol. The third kappa shape index (κ3) is 1.83. The molecule has 4 heteroatoms. The summed E-state index contributed by atoms with van der Waals surface area (Å²) in [5, 5.41) is 0.580. The van der Waals surface area contributed by atoms with E-state index in [9.17, 15) is 0 Å². The fourth-order valence-electron chi connectivity index (χ4n) is 1.18. The van der Waals surface area contributed by atoms with Gasteiger partial charge < -0.3 is 5.73 Å². The van der Waals surface area contributed by atoms with Gasteiger partial charge in [0.25, 0.3) is 0 Å². The highest BCUT2D eigenvalue weighted by atomic mass is 35.5. The fourth-order valence-corrected chi connectivity index (χ4v) is 1.39. The molecule has 0 aliphatic carbocycles. The van der Waals surface area contributed by atoms with Crippen molar-refractivity contribution >= 4 is 17.4 Å². The summed E-state index contributed by atoms with van der Waals surface area (Å²) in [7, 11) is 0. The Balaban J connectivity index is 2.52. The molecule has 14 heavy (non-hydrogen) atoms. The lowest BCUT2D eigenvalue weighted by atomic mass is 10.2. The molecule has 0 saturated carbocycles. The molecule has 0 fully saturated rings. The van der Waals surface area contributed by atoms with E-state index in [4.69, 9.17) is 17.3 Å². The van der Waals surface area contributed by atoms with Crippen LogP contribution in [-0.2, 0) is 0 Å². The molecule has 0 aliphatic rings. The van der Waals surface area contributed by atoms with Crippen molar-refractivity contribution in [3.63, 3.8) is 0 Å². The van der Waals surface area contributed by atoms with Gasteiger partial charge in [-0.2, -0.15) is 0 Å². The van der Waals surface area contributed by atoms with E-state index in [0.29, 0.717) is 10.8 Å². The van der Waals surface area contributed by atoms with E-state index in [1.165, 1.54) is 0 Å². The van der Waals surface area contributed by atoms with Crippen LogP contribution in [0.3, 0.4) is 0 Å². The highest BCUT2D eigenvalue weighted by Gasteiger charge is 2.01. The Kier molecular flexibility index (Phi) is 2.33. The second kappa shape index (κ2) is 3.64. The monoisotopic (exact) mass is 205 g/mol. The lowest BCUT2D eigenvalue weighted by Crippen LogP contribution is -1.92. The maximum atomic E-state index is 5.86. The first kappa shape index (κ1) is 8.97. The van der Waals surface area contributed by atoms with Crippen LogP contribution in [0.4, 0.5) is 5.82 Å². The molecule has 0 spiro atoms.